The second kappa shape index (κ2) is 3.66. The molecule has 4 N–H and O–H groups in total. The van der Waals surface area contributed by atoms with Crippen LogP contribution in [0.1, 0.15) is 0 Å². The predicted molar refractivity (Wildman–Crippen MR) is 58.5 cm³/mol. The molecule has 4 nitrogen and oxygen atoms in total. The minimum atomic E-state index is -0.384. The van der Waals surface area contributed by atoms with E-state index in [1.165, 1.54) is 36.4 Å². The zero-order chi connectivity index (χ0) is 11.7. The van der Waals surface area contributed by atoms with Crippen LogP contribution in [0, 0.1) is 0 Å². The summed E-state index contributed by atoms with van der Waals surface area (Å²) in [6.07, 6.45) is 0. The number of rotatable bonds is 1. The Kier molecular flexibility index (Phi) is 2.32. The second-order valence-electron chi connectivity index (χ2n) is 3.37. The third-order valence-corrected chi connectivity index (χ3v) is 2.29. The molecule has 2 aromatic carbocycles. The number of aromatic hydroxyl groups is 4. The van der Waals surface area contributed by atoms with Crippen LogP contribution in [0.4, 0.5) is 0 Å². The van der Waals surface area contributed by atoms with Crippen LogP contribution in [0.2, 0.25) is 0 Å². The topological polar surface area (TPSA) is 80.9 Å². The molecule has 0 heterocycles. The molecule has 0 aliphatic rings. The largest absolute Gasteiger partial charge is 0.508 e. The predicted octanol–water partition coefficient (Wildman–Crippen LogP) is 2.18. The second-order valence-corrected chi connectivity index (χ2v) is 3.37. The highest BCUT2D eigenvalue weighted by Gasteiger charge is 2.13. The van der Waals surface area contributed by atoms with Crippen molar-refractivity contribution in [1.82, 2.24) is 0 Å². The van der Waals surface area contributed by atoms with Gasteiger partial charge in [-0.3, -0.25) is 0 Å². The molecule has 0 atom stereocenters. The molecule has 0 aromatic heterocycles. The molecular formula is C12H10O4. The zero-order valence-electron chi connectivity index (χ0n) is 8.25. The Morgan fingerprint density at radius 1 is 0.625 bits per heavy atom. The minimum Gasteiger partial charge on any atom is -0.508 e. The molecule has 0 aliphatic heterocycles. The van der Waals surface area contributed by atoms with Gasteiger partial charge >= 0.3 is 0 Å². The van der Waals surface area contributed by atoms with Crippen molar-refractivity contribution >= 4 is 0 Å². The molecule has 2 aromatic rings. The van der Waals surface area contributed by atoms with Gasteiger partial charge in [-0.05, 0) is 29.8 Å². The third kappa shape index (κ3) is 1.61. The van der Waals surface area contributed by atoms with Crippen molar-refractivity contribution in [1.29, 1.82) is 0 Å². The summed E-state index contributed by atoms with van der Waals surface area (Å²) in [6.45, 7) is 0. The molecule has 0 aliphatic carbocycles. The van der Waals surface area contributed by atoms with Gasteiger partial charge in [0.25, 0.3) is 0 Å². The summed E-state index contributed by atoms with van der Waals surface area (Å²) in [4.78, 5) is 0. The van der Waals surface area contributed by atoms with E-state index in [9.17, 15) is 15.3 Å². The molecule has 82 valence electrons. The molecule has 0 bridgehead atoms. The molecule has 0 saturated heterocycles. The SMILES string of the molecule is Oc1ccc(-c2c(O)ccc(O)c2O)cc1. The first-order valence-corrected chi connectivity index (χ1v) is 4.63. The number of phenolic OH excluding ortho intramolecular Hbond substituents is 4. The van der Waals surface area contributed by atoms with Gasteiger partial charge in [0.15, 0.2) is 11.5 Å². The van der Waals surface area contributed by atoms with Gasteiger partial charge in [-0.25, -0.2) is 0 Å². The Labute approximate surface area is 91.7 Å². The Morgan fingerprint density at radius 3 is 1.81 bits per heavy atom. The van der Waals surface area contributed by atoms with Gasteiger partial charge in [-0.1, -0.05) is 12.1 Å². The summed E-state index contributed by atoms with van der Waals surface area (Å²) in [7, 11) is 0. The van der Waals surface area contributed by atoms with E-state index in [0.717, 1.165) is 0 Å². The van der Waals surface area contributed by atoms with E-state index in [-0.39, 0.29) is 28.6 Å². The first-order chi connectivity index (χ1) is 7.59. The van der Waals surface area contributed by atoms with Gasteiger partial charge in [-0.2, -0.15) is 0 Å². The number of benzene rings is 2. The summed E-state index contributed by atoms with van der Waals surface area (Å²) in [5, 5.41) is 37.7. The van der Waals surface area contributed by atoms with Gasteiger partial charge in [0.05, 0.1) is 5.56 Å². The van der Waals surface area contributed by atoms with Crippen molar-refractivity contribution < 1.29 is 20.4 Å². The fourth-order valence-electron chi connectivity index (χ4n) is 1.48. The Hall–Kier alpha value is -2.36. The van der Waals surface area contributed by atoms with Crippen molar-refractivity contribution in [2.45, 2.75) is 0 Å². The van der Waals surface area contributed by atoms with E-state index in [1.54, 1.807) is 0 Å². The highest BCUT2D eigenvalue weighted by Crippen LogP contribution is 2.42. The maximum absolute atomic E-state index is 9.63. The lowest BCUT2D eigenvalue weighted by molar-refractivity contribution is 0.398. The van der Waals surface area contributed by atoms with E-state index in [2.05, 4.69) is 0 Å². The van der Waals surface area contributed by atoms with Crippen LogP contribution < -0.4 is 0 Å². The molecule has 16 heavy (non-hydrogen) atoms. The molecule has 0 fully saturated rings. The van der Waals surface area contributed by atoms with Crippen molar-refractivity contribution in [3.05, 3.63) is 36.4 Å². The molecule has 0 amide bonds. The van der Waals surface area contributed by atoms with Crippen LogP contribution in [0.3, 0.4) is 0 Å². The van der Waals surface area contributed by atoms with E-state index >= 15 is 0 Å². The number of hydrogen-bond acceptors (Lipinski definition) is 4. The number of hydrogen-bond donors (Lipinski definition) is 4. The Bertz CT molecular complexity index is 517. The maximum atomic E-state index is 9.63. The van der Waals surface area contributed by atoms with Crippen LogP contribution in [0.5, 0.6) is 23.0 Å². The molecule has 0 radical (unpaired) electrons. The van der Waals surface area contributed by atoms with Crippen molar-refractivity contribution in [3.8, 4) is 34.1 Å². The van der Waals surface area contributed by atoms with Crippen molar-refractivity contribution in [3.63, 3.8) is 0 Å². The zero-order valence-corrected chi connectivity index (χ0v) is 8.25. The first-order valence-electron chi connectivity index (χ1n) is 4.63. The van der Waals surface area contributed by atoms with Crippen molar-refractivity contribution in [2.24, 2.45) is 0 Å². The minimum absolute atomic E-state index is 0.0860. The van der Waals surface area contributed by atoms with Gasteiger partial charge in [0.1, 0.15) is 11.5 Å². The fourth-order valence-corrected chi connectivity index (χ4v) is 1.48. The standard InChI is InChI=1S/C12H10O4/c13-8-3-1-7(2-4-8)11-9(14)5-6-10(15)12(11)16/h1-6,13-16H. The van der Waals surface area contributed by atoms with Crippen LogP contribution in [-0.4, -0.2) is 20.4 Å². The van der Waals surface area contributed by atoms with Gasteiger partial charge in [-0.15, -0.1) is 0 Å². The van der Waals surface area contributed by atoms with Crippen LogP contribution in [0.15, 0.2) is 36.4 Å². The first kappa shape index (κ1) is 10.2. The van der Waals surface area contributed by atoms with Crippen LogP contribution in [-0.2, 0) is 0 Å². The van der Waals surface area contributed by atoms with Crippen molar-refractivity contribution in [2.75, 3.05) is 0 Å². The lowest BCUT2D eigenvalue weighted by Crippen LogP contribution is -1.81. The lowest BCUT2D eigenvalue weighted by atomic mass is 10.0. The van der Waals surface area contributed by atoms with Gasteiger partial charge < -0.3 is 20.4 Å². The normalized spacial score (nSPS) is 10.2. The van der Waals surface area contributed by atoms with E-state index in [0.29, 0.717) is 5.56 Å². The molecule has 0 spiro atoms. The van der Waals surface area contributed by atoms with Crippen LogP contribution >= 0.6 is 0 Å². The Morgan fingerprint density at radius 2 is 1.19 bits per heavy atom. The highest BCUT2D eigenvalue weighted by atomic mass is 16.3. The summed E-state index contributed by atoms with van der Waals surface area (Å²) >= 11 is 0. The number of phenols is 4. The maximum Gasteiger partial charge on any atom is 0.169 e. The summed E-state index contributed by atoms with van der Waals surface area (Å²) in [5.74, 6) is -0.740. The van der Waals surface area contributed by atoms with E-state index < -0.39 is 0 Å². The lowest BCUT2D eigenvalue weighted by Gasteiger charge is -2.08. The average molecular weight is 218 g/mol. The molecular weight excluding hydrogens is 208 g/mol. The van der Waals surface area contributed by atoms with E-state index in [4.69, 9.17) is 5.11 Å². The molecule has 4 heteroatoms. The monoisotopic (exact) mass is 218 g/mol. The van der Waals surface area contributed by atoms with Gasteiger partial charge in [0.2, 0.25) is 0 Å². The summed E-state index contributed by atoms with van der Waals surface area (Å²) in [6, 6.07) is 8.41. The molecule has 2 rings (SSSR count). The third-order valence-electron chi connectivity index (χ3n) is 2.29. The molecule has 0 saturated carbocycles. The fraction of sp³-hybridized carbons (Fsp3) is 0. The van der Waals surface area contributed by atoms with Gasteiger partial charge in [0, 0.05) is 0 Å². The van der Waals surface area contributed by atoms with Crippen LogP contribution in [0.25, 0.3) is 11.1 Å². The smallest absolute Gasteiger partial charge is 0.169 e. The summed E-state index contributed by atoms with van der Waals surface area (Å²) in [5.41, 5.74) is 0.642. The molecule has 0 unspecified atom stereocenters. The quantitative estimate of drug-likeness (QED) is 0.437. The highest BCUT2D eigenvalue weighted by molar-refractivity contribution is 5.79. The Balaban J connectivity index is 2.63. The van der Waals surface area contributed by atoms with E-state index in [1.807, 2.05) is 0 Å². The average Bonchev–Trinajstić information content (AvgIpc) is 2.27. The summed E-state index contributed by atoms with van der Waals surface area (Å²) < 4.78 is 0.